The predicted octanol–water partition coefficient (Wildman–Crippen LogP) is 3.69. The molecule has 98 valence electrons. The van der Waals surface area contributed by atoms with E-state index in [2.05, 4.69) is 21.2 Å². The van der Waals surface area contributed by atoms with Crippen molar-refractivity contribution in [2.45, 2.75) is 0 Å². The van der Waals surface area contributed by atoms with Crippen LogP contribution in [0.2, 0.25) is 0 Å². The van der Waals surface area contributed by atoms with E-state index < -0.39 is 17.5 Å². The molecule has 0 fully saturated rings. The Morgan fingerprint density at radius 3 is 2.58 bits per heavy atom. The highest BCUT2D eigenvalue weighted by atomic mass is 79.9. The molecule has 0 saturated heterocycles. The Kier molecular flexibility index (Phi) is 3.80. The Hall–Kier alpha value is -1.95. The molecule has 0 radical (unpaired) electrons. The summed E-state index contributed by atoms with van der Waals surface area (Å²) in [5, 5.41) is 11.5. The minimum absolute atomic E-state index is 0.0274. The van der Waals surface area contributed by atoms with E-state index in [1.54, 1.807) is 0 Å². The third-order valence-corrected chi connectivity index (χ3v) is 2.97. The minimum Gasteiger partial charge on any atom is -0.508 e. The zero-order valence-electron chi connectivity index (χ0n) is 9.45. The lowest BCUT2D eigenvalue weighted by atomic mass is 10.2. The molecule has 2 aromatic rings. The molecular formula is C13H8BrF2NO2. The van der Waals surface area contributed by atoms with Crippen LogP contribution < -0.4 is 5.32 Å². The van der Waals surface area contributed by atoms with Gasteiger partial charge in [-0.15, -0.1) is 0 Å². The van der Waals surface area contributed by atoms with E-state index >= 15 is 0 Å². The average molecular weight is 328 g/mol. The van der Waals surface area contributed by atoms with Crippen molar-refractivity contribution in [3.8, 4) is 5.75 Å². The third kappa shape index (κ3) is 3.08. The van der Waals surface area contributed by atoms with Crippen LogP contribution in [0.25, 0.3) is 0 Å². The van der Waals surface area contributed by atoms with Gasteiger partial charge in [-0.1, -0.05) is 6.07 Å². The van der Waals surface area contributed by atoms with Gasteiger partial charge < -0.3 is 10.4 Å². The van der Waals surface area contributed by atoms with E-state index in [4.69, 9.17) is 0 Å². The van der Waals surface area contributed by atoms with Gasteiger partial charge in [-0.2, -0.15) is 0 Å². The van der Waals surface area contributed by atoms with Crippen LogP contribution in [0.3, 0.4) is 0 Å². The number of carbonyl (C=O) groups excluding carboxylic acids is 1. The van der Waals surface area contributed by atoms with E-state index in [0.717, 1.165) is 12.1 Å². The topological polar surface area (TPSA) is 49.3 Å². The molecule has 0 atom stereocenters. The molecule has 2 N–H and O–H groups in total. The molecule has 0 saturated carbocycles. The van der Waals surface area contributed by atoms with Gasteiger partial charge in [-0.3, -0.25) is 4.79 Å². The summed E-state index contributed by atoms with van der Waals surface area (Å²) < 4.78 is 26.8. The first-order valence-electron chi connectivity index (χ1n) is 5.22. The molecule has 6 heteroatoms. The second kappa shape index (κ2) is 5.36. The number of carbonyl (C=O) groups is 1. The first-order chi connectivity index (χ1) is 8.97. The lowest BCUT2D eigenvalue weighted by molar-refractivity contribution is 0.102. The number of hydrogen-bond donors (Lipinski definition) is 2. The fourth-order valence-corrected chi connectivity index (χ4v) is 1.78. The van der Waals surface area contributed by atoms with Crippen molar-refractivity contribution < 1.29 is 18.7 Å². The van der Waals surface area contributed by atoms with E-state index in [0.29, 0.717) is 0 Å². The number of phenolic OH excluding ortho intramolecular Hbond substituents is 1. The summed E-state index contributed by atoms with van der Waals surface area (Å²) in [6.07, 6.45) is 0. The second-order valence-corrected chi connectivity index (χ2v) is 4.60. The monoisotopic (exact) mass is 327 g/mol. The number of amides is 1. The van der Waals surface area contributed by atoms with E-state index in [1.807, 2.05) is 0 Å². The van der Waals surface area contributed by atoms with Gasteiger partial charge in [-0.05, 0) is 40.2 Å². The standard InChI is InChI=1S/C13H8BrF2NO2/c14-9-5-11(16)12(6-10(9)15)17-13(19)7-2-1-3-8(18)4-7/h1-6,18H,(H,17,19). The molecule has 0 heterocycles. The van der Waals surface area contributed by atoms with Gasteiger partial charge in [0.1, 0.15) is 17.4 Å². The summed E-state index contributed by atoms with van der Waals surface area (Å²) >= 11 is 2.84. The Morgan fingerprint density at radius 1 is 1.16 bits per heavy atom. The van der Waals surface area contributed by atoms with Gasteiger partial charge in [0, 0.05) is 11.6 Å². The number of anilines is 1. The Morgan fingerprint density at radius 2 is 1.89 bits per heavy atom. The van der Waals surface area contributed by atoms with Crippen molar-refractivity contribution in [3.63, 3.8) is 0 Å². The highest BCUT2D eigenvalue weighted by Crippen LogP contribution is 2.24. The molecule has 2 aromatic carbocycles. The summed E-state index contributed by atoms with van der Waals surface area (Å²) in [7, 11) is 0. The Labute approximate surface area is 116 Å². The number of nitrogens with one attached hydrogen (secondary N) is 1. The molecule has 0 aliphatic carbocycles. The summed E-state index contributed by atoms with van der Waals surface area (Å²) in [5.41, 5.74) is -0.128. The van der Waals surface area contributed by atoms with Crippen molar-refractivity contribution in [1.29, 1.82) is 0 Å². The number of aromatic hydroxyl groups is 1. The first kappa shape index (κ1) is 13.5. The molecule has 0 unspecified atom stereocenters. The SMILES string of the molecule is O=C(Nc1cc(F)c(Br)cc1F)c1cccc(O)c1. The Balaban J connectivity index is 2.27. The number of rotatable bonds is 2. The third-order valence-electron chi connectivity index (χ3n) is 2.37. The van der Waals surface area contributed by atoms with Gasteiger partial charge >= 0.3 is 0 Å². The maximum absolute atomic E-state index is 13.5. The number of halogens is 3. The summed E-state index contributed by atoms with van der Waals surface area (Å²) in [6.45, 7) is 0. The second-order valence-electron chi connectivity index (χ2n) is 3.75. The fourth-order valence-electron chi connectivity index (χ4n) is 1.46. The molecule has 3 nitrogen and oxygen atoms in total. The number of benzene rings is 2. The normalized spacial score (nSPS) is 10.3. The molecule has 0 aliphatic rings. The van der Waals surface area contributed by atoms with Crippen LogP contribution in [-0.2, 0) is 0 Å². The minimum atomic E-state index is -0.762. The smallest absolute Gasteiger partial charge is 0.255 e. The fraction of sp³-hybridized carbons (Fsp3) is 0. The number of phenols is 1. The Bertz CT molecular complexity index is 647. The van der Waals surface area contributed by atoms with Crippen LogP contribution in [0.5, 0.6) is 5.75 Å². The molecule has 2 rings (SSSR count). The lowest BCUT2D eigenvalue weighted by Crippen LogP contribution is -2.13. The van der Waals surface area contributed by atoms with Gasteiger partial charge in [-0.25, -0.2) is 8.78 Å². The van der Waals surface area contributed by atoms with Crippen molar-refractivity contribution in [2.75, 3.05) is 5.32 Å². The van der Waals surface area contributed by atoms with Crippen LogP contribution in [0.1, 0.15) is 10.4 Å². The van der Waals surface area contributed by atoms with Gasteiger partial charge in [0.2, 0.25) is 0 Å². The van der Waals surface area contributed by atoms with Crippen LogP contribution in [0.4, 0.5) is 14.5 Å². The predicted molar refractivity (Wildman–Crippen MR) is 70.1 cm³/mol. The zero-order valence-corrected chi connectivity index (χ0v) is 11.0. The molecule has 0 aromatic heterocycles. The van der Waals surface area contributed by atoms with Crippen LogP contribution in [0.15, 0.2) is 40.9 Å². The maximum atomic E-state index is 13.5. The van der Waals surface area contributed by atoms with Crippen LogP contribution in [-0.4, -0.2) is 11.0 Å². The molecule has 0 bridgehead atoms. The number of hydrogen-bond acceptors (Lipinski definition) is 2. The van der Waals surface area contributed by atoms with E-state index in [-0.39, 0.29) is 21.5 Å². The molecule has 0 spiro atoms. The molecule has 1 amide bonds. The summed E-state index contributed by atoms with van der Waals surface area (Å²) in [4.78, 5) is 11.8. The van der Waals surface area contributed by atoms with Crippen LogP contribution >= 0.6 is 15.9 Å². The lowest BCUT2D eigenvalue weighted by Gasteiger charge is -2.07. The molecule has 19 heavy (non-hydrogen) atoms. The maximum Gasteiger partial charge on any atom is 0.255 e. The van der Waals surface area contributed by atoms with Crippen molar-refractivity contribution in [2.24, 2.45) is 0 Å². The van der Waals surface area contributed by atoms with Crippen LogP contribution in [0, 0.1) is 11.6 Å². The van der Waals surface area contributed by atoms with Crippen molar-refractivity contribution in [1.82, 2.24) is 0 Å². The highest BCUT2D eigenvalue weighted by molar-refractivity contribution is 9.10. The molecular weight excluding hydrogens is 320 g/mol. The van der Waals surface area contributed by atoms with E-state index in [9.17, 15) is 18.7 Å². The first-order valence-corrected chi connectivity index (χ1v) is 6.01. The van der Waals surface area contributed by atoms with E-state index in [1.165, 1.54) is 24.3 Å². The largest absolute Gasteiger partial charge is 0.508 e. The van der Waals surface area contributed by atoms with Crippen molar-refractivity contribution in [3.05, 3.63) is 58.1 Å². The van der Waals surface area contributed by atoms with Crippen molar-refractivity contribution >= 4 is 27.5 Å². The quantitative estimate of drug-likeness (QED) is 0.826. The summed E-state index contributed by atoms with van der Waals surface area (Å²) in [6, 6.07) is 7.34. The van der Waals surface area contributed by atoms with Gasteiger partial charge in [0.15, 0.2) is 0 Å². The highest BCUT2D eigenvalue weighted by Gasteiger charge is 2.12. The zero-order chi connectivity index (χ0) is 14.0. The summed E-state index contributed by atoms with van der Waals surface area (Å²) in [5.74, 6) is -2.18. The van der Waals surface area contributed by atoms with Gasteiger partial charge in [0.05, 0.1) is 10.2 Å². The van der Waals surface area contributed by atoms with Gasteiger partial charge in [0.25, 0.3) is 5.91 Å². The average Bonchev–Trinajstić information content (AvgIpc) is 2.36. The molecule has 0 aliphatic heterocycles.